The monoisotopic (exact) mass is 179 g/mol. The second kappa shape index (κ2) is 2.86. The fraction of sp³-hybridized carbons (Fsp3) is 0. The van der Waals surface area contributed by atoms with Gasteiger partial charge in [-0.05, 0) is 6.07 Å². The van der Waals surface area contributed by atoms with Crippen LogP contribution in [0.5, 0.6) is 0 Å². The molecular weight excluding hydrogens is 174 g/mol. The van der Waals surface area contributed by atoms with E-state index in [0.29, 0.717) is 4.88 Å². The molecule has 0 amide bonds. The van der Waals surface area contributed by atoms with Crippen molar-refractivity contribution in [3.63, 3.8) is 0 Å². The highest BCUT2D eigenvalue weighted by Crippen LogP contribution is 2.15. The molecule has 12 heavy (non-hydrogen) atoms. The van der Waals surface area contributed by atoms with Crippen LogP contribution in [0, 0.1) is 0 Å². The van der Waals surface area contributed by atoms with Crippen molar-refractivity contribution in [2.75, 3.05) is 0 Å². The van der Waals surface area contributed by atoms with Gasteiger partial charge < -0.3 is 0 Å². The molecule has 0 radical (unpaired) electrons. The minimum absolute atomic E-state index is 0.707. The molecule has 0 saturated carbocycles. The summed E-state index contributed by atoms with van der Waals surface area (Å²) in [5.74, 6) is 0. The Labute approximate surface area is 72.5 Å². The van der Waals surface area contributed by atoms with Gasteiger partial charge in [-0.15, -0.1) is 21.5 Å². The van der Waals surface area contributed by atoms with E-state index in [2.05, 4.69) is 10.2 Å². The third kappa shape index (κ3) is 1.14. The Morgan fingerprint density at radius 3 is 2.75 bits per heavy atom. The molecule has 0 fully saturated rings. The van der Waals surface area contributed by atoms with Crippen LogP contribution in [0.3, 0.4) is 0 Å². The van der Waals surface area contributed by atoms with Crippen LogP contribution in [0.25, 0.3) is 5.69 Å². The summed E-state index contributed by atoms with van der Waals surface area (Å²) < 4.78 is 1.75. The topological polar surface area (TPSA) is 47.8 Å². The molecule has 0 saturated heterocycles. The highest BCUT2D eigenvalue weighted by Gasteiger charge is 1.99. The first kappa shape index (κ1) is 7.17. The molecule has 2 aromatic heterocycles. The van der Waals surface area contributed by atoms with Crippen LogP contribution in [0.2, 0.25) is 0 Å². The minimum atomic E-state index is 0.707. The summed E-state index contributed by atoms with van der Waals surface area (Å²) in [7, 11) is 0. The highest BCUT2D eigenvalue weighted by atomic mass is 32.1. The molecular formula is C7H5N3OS. The number of carbonyl (C=O) groups is 1. The second-order valence-corrected chi connectivity index (χ2v) is 3.14. The summed E-state index contributed by atoms with van der Waals surface area (Å²) in [5.41, 5.74) is 0.923. The second-order valence-electron chi connectivity index (χ2n) is 2.19. The predicted octanol–water partition coefficient (Wildman–Crippen LogP) is 1.14. The molecule has 0 aromatic carbocycles. The zero-order valence-corrected chi connectivity index (χ0v) is 6.86. The van der Waals surface area contributed by atoms with E-state index >= 15 is 0 Å². The molecule has 0 aliphatic heterocycles. The van der Waals surface area contributed by atoms with Gasteiger partial charge in [0.25, 0.3) is 0 Å². The van der Waals surface area contributed by atoms with E-state index in [4.69, 9.17) is 0 Å². The van der Waals surface area contributed by atoms with Gasteiger partial charge in [-0.3, -0.25) is 9.36 Å². The van der Waals surface area contributed by atoms with Crippen molar-refractivity contribution < 1.29 is 4.79 Å². The molecule has 2 aromatic rings. The molecule has 2 rings (SSSR count). The highest BCUT2D eigenvalue weighted by molar-refractivity contribution is 7.12. The average molecular weight is 179 g/mol. The largest absolute Gasteiger partial charge is 0.297 e. The Kier molecular flexibility index (Phi) is 1.71. The van der Waals surface area contributed by atoms with Crippen molar-refractivity contribution in [1.29, 1.82) is 0 Å². The smallest absolute Gasteiger partial charge is 0.160 e. The van der Waals surface area contributed by atoms with Gasteiger partial charge >= 0.3 is 0 Å². The normalized spacial score (nSPS) is 10.0. The molecule has 0 N–H and O–H groups in total. The molecule has 0 atom stereocenters. The Morgan fingerprint density at radius 2 is 2.17 bits per heavy atom. The number of carbonyl (C=O) groups excluding carboxylic acids is 1. The van der Waals surface area contributed by atoms with Crippen LogP contribution in [-0.4, -0.2) is 21.1 Å². The van der Waals surface area contributed by atoms with E-state index < -0.39 is 0 Å². The molecule has 0 aliphatic rings. The van der Waals surface area contributed by atoms with E-state index in [9.17, 15) is 4.79 Å². The van der Waals surface area contributed by atoms with Crippen molar-refractivity contribution in [1.82, 2.24) is 14.8 Å². The van der Waals surface area contributed by atoms with Crippen LogP contribution in [0.15, 0.2) is 24.1 Å². The lowest BCUT2D eigenvalue weighted by Crippen LogP contribution is -1.85. The Hall–Kier alpha value is -1.49. The summed E-state index contributed by atoms with van der Waals surface area (Å²) in [4.78, 5) is 11.1. The van der Waals surface area contributed by atoms with Gasteiger partial charge in [-0.2, -0.15) is 0 Å². The fourth-order valence-electron chi connectivity index (χ4n) is 0.873. The molecule has 2 heterocycles. The number of hydrogen-bond acceptors (Lipinski definition) is 4. The number of hydrogen-bond donors (Lipinski definition) is 0. The van der Waals surface area contributed by atoms with Crippen LogP contribution in [0.4, 0.5) is 0 Å². The van der Waals surface area contributed by atoms with Crippen molar-refractivity contribution in [2.45, 2.75) is 0 Å². The van der Waals surface area contributed by atoms with Crippen LogP contribution < -0.4 is 0 Å². The van der Waals surface area contributed by atoms with Crippen LogP contribution in [-0.2, 0) is 0 Å². The fourth-order valence-corrected chi connectivity index (χ4v) is 1.56. The van der Waals surface area contributed by atoms with E-state index in [1.807, 2.05) is 5.38 Å². The molecule has 60 valence electrons. The number of thiophene rings is 1. The van der Waals surface area contributed by atoms with Crippen molar-refractivity contribution in [3.05, 3.63) is 29.0 Å². The van der Waals surface area contributed by atoms with Crippen molar-refractivity contribution >= 4 is 17.6 Å². The van der Waals surface area contributed by atoms with Gasteiger partial charge in [0.15, 0.2) is 6.29 Å². The molecule has 0 aliphatic carbocycles. The van der Waals surface area contributed by atoms with Crippen molar-refractivity contribution in [2.24, 2.45) is 0 Å². The molecule has 0 unspecified atom stereocenters. The summed E-state index contributed by atoms with van der Waals surface area (Å²) in [6.07, 6.45) is 4.02. The number of rotatable bonds is 2. The van der Waals surface area contributed by atoms with Gasteiger partial charge in [0.2, 0.25) is 0 Å². The zero-order chi connectivity index (χ0) is 8.39. The average Bonchev–Trinajstić information content (AvgIpc) is 2.75. The third-order valence-electron chi connectivity index (χ3n) is 1.44. The standard InChI is InChI=1S/C7H5N3OS/c11-2-7-1-6(3-12-7)10-4-8-9-5-10/h1-5H. The first-order valence-electron chi connectivity index (χ1n) is 3.29. The van der Waals surface area contributed by atoms with E-state index in [-0.39, 0.29) is 0 Å². The van der Waals surface area contributed by atoms with Gasteiger partial charge in [0.05, 0.1) is 10.6 Å². The minimum Gasteiger partial charge on any atom is -0.297 e. The quantitative estimate of drug-likeness (QED) is 0.649. The predicted molar refractivity (Wildman–Crippen MR) is 44.6 cm³/mol. The Bertz CT molecular complexity index is 379. The molecule has 0 spiro atoms. The maximum atomic E-state index is 10.4. The van der Waals surface area contributed by atoms with E-state index in [1.165, 1.54) is 11.3 Å². The number of nitrogens with zero attached hydrogens (tertiary/aromatic N) is 3. The summed E-state index contributed by atoms with van der Waals surface area (Å²) in [6.45, 7) is 0. The van der Waals surface area contributed by atoms with Gasteiger partial charge in [0, 0.05) is 5.38 Å². The Morgan fingerprint density at radius 1 is 1.42 bits per heavy atom. The van der Waals surface area contributed by atoms with Gasteiger partial charge in [-0.25, -0.2) is 0 Å². The van der Waals surface area contributed by atoms with Crippen LogP contribution in [0.1, 0.15) is 9.67 Å². The van der Waals surface area contributed by atoms with Crippen molar-refractivity contribution in [3.8, 4) is 5.69 Å². The Balaban J connectivity index is 2.41. The lowest BCUT2D eigenvalue weighted by atomic mass is 10.4. The summed E-state index contributed by atoms with van der Waals surface area (Å²) >= 11 is 1.40. The lowest BCUT2D eigenvalue weighted by Gasteiger charge is -1.91. The summed E-state index contributed by atoms with van der Waals surface area (Å²) in [5, 5.41) is 9.21. The SMILES string of the molecule is O=Cc1cc(-n2cnnc2)cs1. The van der Waals surface area contributed by atoms with Gasteiger partial charge in [0.1, 0.15) is 12.7 Å². The first-order valence-corrected chi connectivity index (χ1v) is 4.17. The maximum absolute atomic E-state index is 10.4. The lowest BCUT2D eigenvalue weighted by molar-refractivity contribution is 0.112. The maximum Gasteiger partial charge on any atom is 0.160 e. The molecule has 4 nitrogen and oxygen atoms in total. The first-order chi connectivity index (χ1) is 5.90. The van der Waals surface area contributed by atoms with E-state index in [0.717, 1.165) is 12.0 Å². The third-order valence-corrected chi connectivity index (χ3v) is 2.28. The number of aromatic nitrogens is 3. The van der Waals surface area contributed by atoms with E-state index in [1.54, 1.807) is 23.3 Å². The molecule has 0 bridgehead atoms. The zero-order valence-electron chi connectivity index (χ0n) is 6.04. The molecule has 5 heteroatoms. The van der Waals surface area contributed by atoms with Crippen LogP contribution >= 0.6 is 11.3 Å². The number of aldehydes is 1. The summed E-state index contributed by atoms with van der Waals surface area (Å²) in [6, 6.07) is 1.79. The van der Waals surface area contributed by atoms with Gasteiger partial charge in [-0.1, -0.05) is 0 Å².